The lowest BCUT2D eigenvalue weighted by molar-refractivity contribution is -0.140. The van der Waals surface area contributed by atoms with Gasteiger partial charge in [0.25, 0.3) is 0 Å². The van der Waals surface area contributed by atoms with Crippen molar-refractivity contribution in [1.82, 2.24) is 15.5 Å². The standard InChI is InChI=1S/C41H53N3O5/c1-5-8-12-22-40(46)44(4)37(21-9-6-2)41(47)43-36(26-30-17-13-10-14-18-30)38(45)29-42-35-28-39(48-25-7-3)33-24-23-32(27-34(33)35)49-31-19-15-11-16-20-31/h6-7,10-11,13-20,23-24,27,35-39,42,45H,2-3,5,8-9,12,21-22,25-26,28-29H2,1,4H3,(H,43,47)/t35?,36-,37-,38-,39?/m0/s1. The van der Waals surface area contributed by atoms with E-state index in [0.29, 0.717) is 38.7 Å². The summed E-state index contributed by atoms with van der Waals surface area (Å²) in [5.74, 6) is 1.14. The summed E-state index contributed by atoms with van der Waals surface area (Å²) in [7, 11) is 1.70. The number of nitrogens with zero attached hydrogens (tertiary/aromatic N) is 1. The molecule has 3 aromatic carbocycles. The Morgan fingerprint density at radius 3 is 2.41 bits per heavy atom. The number of carbonyl (C=O) groups is 2. The molecule has 0 saturated carbocycles. The van der Waals surface area contributed by atoms with Crippen molar-refractivity contribution in [3.05, 3.63) is 121 Å². The molecule has 3 aromatic rings. The van der Waals surface area contributed by atoms with Gasteiger partial charge >= 0.3 is 0 Å². The average Bonchev–Trinajstić information content (AvgIpc) is 3.46. The van der Waals surface area contributed by atoms with Gasteiger partial charge in [-0.3, -0.25) is 9.59 Å². The Morgan fingerprint density at radius 1 is 0.980 bits per heavy atom. The number of benzene rings is 3. The first-order valence-corrected chi connectivity index (χ1v) is 17.6. The number of para-hydroxylation sites is 1. The summed E-state index contributed by atoms with van der Waals surface area (Å²) in [4.78, 5) is 28.5. The molecular weight excluding hydrogens is 614 g/mol. The van der Waals surface area contributed by atoms with E-state index in [2.05, 4.69) is 30.7 Å². The zero-order valence-corrected chi connectivity index (χ0v) is 29.1. The highest BCUT2D eigenvalue weighted by molar-refractivity contribution is 5.87. The number of hydrogen-bond acceptors (Lipinski definition) is 6. The van der Waals surface area contributed by atoms with Gasteiger partial charge in [-0.15, -0.1) is 13.2 Å². The van der Waals surface area contributed by atoms with Gasteiger partial charge in [-0.05, 0) is 73.1 Å². The van der Waals surface area contributed by atoms with Crippen molar-refractivity contribution >= 4 is 11.8 Å². The number of amides is 2. The van der Waals surface area contributed by atoms with Crippen LogP contribution in [0.25, 0.3) is 0 Å². The lowest BCUT2D eigenvalue weighted by atomic mass is 9.99. The number of fused-ring (bicyclic) bond motifs is 1. The van der Waals surface area contributed by atoms with Gasteiger partial charge < -0.3 is 30.1 Å². The highest BCUT2D eigenvalue weighted by Gasteiger charge is 2.34. The SMILES string of the molecule is C=CCC[C@@H](C(=O)N[C@@H](Cc1ccccc1)[C@@H](O)CNC1CC(OCC=C)c2ccc(Oc3ccccc3)cc21)N(C)C(=O)CCCCC. The third kappa shape index (κ3) is 11.1. The minimum absolute atomic E-state index is 0.0526. The highest BCUT2D eigenvalue weighted by atomic mass is 16.5. The molecule has 5 atom stereocenters. The maximum Gasteiger partial charge on any atom is 0.243 e. The lowest BCUT2D eigenvalue weighted by Crippen LogP contribution is -2.55. The fraction of sp³-hybridized carbons (Fsp3) is 0.415. The number of aliphatic hydroxyl groups is 1. The summed E-state index contributed by atoms with van der Waals surface area (Å²) < 4.78 is 12.3. The van der Waals surface area contributed by atoms with E-state index in [1.165, 1.54) is 0 Å². The van der Waals surface area contributed by atoms with Gasteiger partial charge in [0.2, 0.25) is 11.8 Å². The van der Waals surface area contributed by atoms with Crippen molar-refractivity contribution in [2.24, 2.45) is 0 Å². The van der Waals surface area contributed by atoms with Crippen LogP contribution in [-0.4, -0.2) is 60.2 Å². The Morgan fingerprint density at radius 2 is 1.71 bits per heavy atom. The van der Waals surface area contributed by atoms with E-state index in [1.807, 2.05) is 78.9 Å². The van der Waals surface area contributed by atoms with E-state index < -0.39 is 18.2 Å². The smallest absolute Gasteiger partial charge is 0.243 e. The number of hydrogen-bond donors (Lipinski definition) is 3. The van der Waals surface area contributed by atoms with E-state index in [4.69, 9.17) is 9.47 Å². The summed E-state index contributed by atoms with van der Waals surface area (Å²) in [6.07, 6.45) is 7.77. The molecule has 2 unspecified atom stereocenters. The molecule has 3 N–H and O–H groups in total. The fourth-order valence-corrected chi connectivity index (χ4v) is 6.33. The summed E-state index contributed by atoms with van der Waals surface area (Å²) in [6, 6.07) is 24.1. The van der Waals surface area contributed by atoms with Gasteiger partial charge in [0.1, 0.15) is 17.5 Å². The molecule has 0 radical (unpaired) electrons. The topological polar surface area (TPSA) is 100 Å². The molecule has 2 amide bonds. The van der Waals surface area contributed by atoms with E-state index >= 15 is 0 Å². The molecule has 0 bridgehead atoms. The van der Waals surface area contributed by atoms with Gasteiger partial charge in [-0.2, -0.15) is 0 Å². The molecule has 0 aliphatic heterocycles. The zero-order chi connectivity index (χ0) is 35.0. The van der Waals surface area contributed by atoms with E-state index in [-0.39, 0.29) is 30.5 Å². The number of likely N-dealkylation sites (N-methyl/N-ethyl adjacent to an activating group) is 1. The number of nitrogens with one attached hydrogen (secondary N) is 2. The first kappa shape index (κ1) is 37.6. The number of carbonyl (C=O) groups excluding carboxylic acids is 2. The number of unbranched alkanes of at least 4 members (excludes halogenated alkanes) is 2. The second kappa shape index (κ2) is 19.7. The molecule has 0 fully saturated rings. The molecule has 8 nitrogen and oxygen atoms in total. The van der Waals surface area contributed by atoms with Gasteiger partial charge in [-0.25, -0.2) is 0 Å². The van der Waals surface area contributed by atoms with Crippen LogP contribution in [0.15, 0.2) is 104 Å². The molecule has 49 heavy (non-hydrogen) atoms. The summed E-state index contributed by atoms with van der Waals surface area (Å²) in [5.41, 5.74) is 3.11. The second-order valence-corrected chi connectivity index (χ2v) is 12.7. The van der Waals surface area contributed by atoms with Crippen molar-refractivity contribution in [3.8, 4) is 11.5 Å². The zero-order valence-electron chi connectivity index (χ0n) is 29.1. The fourth-order valence-electron chi connectivity index (χ4n) is 6.33. The first-order valence-electron chi connectivity index (χ1n) is 17.6. The van der Waals surface area contributed by atoms with Crippen LogP contribution < -0.4 is 15.4 Å². The van der Waals surface area contributed by atoms with Crippen molar-refractivity contribution < 1.29 is 24.2 Å². The van der Waals surface area contributed by atoms with Gasteiger partial charge in [0, 0.05) is 26.1 Å². The Hall–Kier alpha value is -4.24. The molecule has 4 rings (SSSR count). The van der Waals surface area contributed by atoms with Gasteiger partial charge in [0.05, 0.1) is 24.9 Å². The quantitative estimate of drug-likeness (QED) is 0.0820. The molecule has 0 heterocycles. The van der Waals surface area contributed by atoms with Crippen LogP contribution in [0.1, 0.15) is 80.7 Å². The van der Waals surface area contributed by atoms with Crippen molar-refractivity contribution in [1.29, 1.82) is 0 Å². The normalized spacial score (nSPS) is 17.0. The largest absolute Gasteiger partial charge is 0.457 e. The number of ether oxygens (including phenoxy) is 2. The molecule has 0 saturated heterocycles. The monoisotopic (exact) mass is 667 g/mol. The number of allylic oxidation sites excluding steroid dienone is 1. The van der Waals surface area contributed by atoms with Crippen molar-refractivity contribution in [2.75, 3.05) is 20.2 Å². The summed E-state index contributed by atoms with van der Waals surface area (Å²) in [6.45, 7) is 10.4. The van der Waals surface area contributed by atoms with Crippen LogP contribution >= 0.6 is 0 Å². The predicted molar refractivity (Wildman–Crippen MR) is 195 cm³/mol. The highest BCUT2D eigenvalue weighted by Crippen LogP contribution is 2.43. The van der Waals surface area contributed by atoms with E-state index in [9.17, 15) is 14.7 Å². The number of aliphatic hydroxyl groups excluding tert-OH is 1. The van der Waals surface area contributed by atoms with Crippen LogP contribution in [0.3, 0.4) is 0 Å². The van der Waals surface area contributed by atoms with Gasteiger partial charge in [0.15, 0.2) is 0 Å². The van der Waals surface area contributed by atoms with Gasteiger partial charge in [-0.1, -0.05) is 86.5 Å². The lowest BCUT2D eigenvalue weighted by Gasteiger charge is -2.31. The average molecular weight is 668 g/mol. The van der Waals surface area contributed by atoms with Crippen molar-refractivity contribution in [3.63, 3.8) is 0 Å². The summed E-state index contributed by atoms with van der Waals surface area (Å²) >= 11 is 0. The van der Waals surface area contributed by atoms with E-state index in [1.54, 1.807) is 24.1 Å². The minimum atomic E-state index is -0.921. The maximum atomic E-state index is 13.9. The Balaban J connectivity index is 1.51. The van der Waals surface area contributed by atoms with Crippen LogP contribution in [0, 0.1) is 0 Å². The molecule has 1 aliphatic carbocycles. The predicted octanol–water partition coefficient (Wildman–Crippen LogP) is 7.22. The minimum Gasteiger partial charge on any atom is -0.457 e. The third-order valence-electron chi connectivity index (χ3n) is 9.09. The molecule has 0 spiro atoms. The number of rotatable bonds is 21. The molecular formula is C41H53N3O5. The van der Waals surface area contributed by atoms with Crippen LogP contribution in [0.2, 0.25) is 0 Å². The Bertz CT molecular complexity index is 1480. The molecule has 1 aliphatic rings. The molecule has 8 heteroatoms. The molecule has 0 aromatic heterocycles. The van der Waals surface area contributed by atoms with Crippen LogP contribution in [0.4, 0.5) is 0 Å². The first-order chi connectivity index (χ1) is 23.8. The maximum absolute atomic E-state index is 13.9. The summed E-state index contributed by atoms with van der Waals surface area (Å²) in [5, 5.41) is 18.4. The Kier molecular flexibility index (Phi) is 15.1. The van der Waals surface area contributed by atoms with Crippen molar-refractivity contribution in [2.45, 2.75) is 88.6 Å². The van der Waals surface area contributed by atoms with Crippen LogP contribution in [0.5, 0.6) is 11.5 Å². The second-order valence-electron chi connectivity index (χ2n) is 12.7. The Labute approximate surface area is 292 Å². The molecule has 262 valence electrons. The van der Waals surface area contributed by atoms with Crippen LogP contribution in [-0.2, 0) is 20.7 Å². The third-order valence-corrected chi connectivity index (χ3v) is 9.09. The van der Waals surface area contributed by atoms with E-state index in [0.717, 1.165) is 47.5 Å².